The molecular weight excluding hydrogens is 260 g/mol. The van der Waals surface area contributed by atoms with E-state index in [0.717, 1.165) is 18.0 Å². The quantitative estimate of drug-likeness (QED) is 0.877. The van der Waals surface area contributed by atoms with E-state index < -0.39 is 0 Å². The van der Waals surface area contributed by atoms with Crippen molar-refractivity contribution in [2.45, 2.75) is 78.0 Å². The van der Waals surface area contributed by atoms with Crippen molar-refractivity contribution >= 4 is 0 Å². The zero-order valence-electron chi connectivity index (χ0n) is 14.0. The highest BCUT2D eigenvalue weighted by atomic mass is 16.5. The van der Waals surface area contributed by atoms with Gasteiger partial charge in [-0.3, -0.25) is 4.98 Å². The van der Waals surface area contributed by atoms with Crippen molar-refractivity contribution < 1.29 is 4.74 Å². The maximum Gasteiger partial charge on any atom is 0.138 e. The Labute approximate surface area is 129 Å². The highest BCUT2D eigenvalue weighted by Gasteiger charge is 2.25. The normalized spacial score (nSPS) is 23.0. The van der Waals surface area contributed by atoms with Crippen LogP contribution in [0.3, 0.4) is 0 Å². The van der Waals surface area contributed by atoms with E-state index in [4.69, 9.17) is 4.74 Å². The first kappa shape index (κ1) is 16.3. The standard InChI is InChI=1S/C18H30N2O/c1-5-14-8-6-7-9-17(14)21-16-11-10-15(19-13-16)12-20-18(2,3)4/h10-11,13-14,17,20H,5-9,12H2,1-4H3. The molecular formula is C18H30N2O. The summed E-state index contributed by atoms with van der Waals surface area (Å²) < 4.78 is 6.18. The summed E-state index contributed by atoms with van der Waals surface area (Å²) in [7, 11) is 0. The Bertz CT molecular complexity index is 422. The summed E-state index contributed by atoms with van der Waals surface area (Å²) in [5.41, 5.74) is 1.18. The fourth-order valence-electron chi connectivity index (χ4n) is 2.91. The average Bonchev–Trinajstić information content (AvgIpc) is 2.46. The van der Waals surface area contributed by atoms with Crippen LogP contribution in [0.4, 0.5) is 0 Å². The molecule has 1 fully saturated rings. The van der Waals surface area contributed by atoms with Gasteiger partial charge in [0.15, 0.2) is 0 Å². The van der Waals surface area contributed by atoms with Crippen LogP contribution < -0.4 is 10.1 Å². The van der Waals surface area contributed by atoms with Crippen molar-refractivity contribution in [2.24, 2.45) is 5.92 Å². The van der Waals surface area contributed by atoms with Gasteiger partial charge in [-0.25, -0.2) is 0 Å². The van der Waals surface area contributed by atoms with Crippen molar-refractivity contribution in [1.82, 2.24) is 10.3 Å². The molecule has 3 nitrogen and oxygen atoms in total. The van der Waals surface area contributed by atoms with Crippen LogP contribution in [0.25, 0.3) is 0 Å². The predicted octanol–water partition coefficient (Wildman–Crippen LogP) is 4.32. The summed E-state index contributed by atoms with van der Waals surface area (Å²) in [5, 5.41) is 3.45. The van der Waals surface area contributed by atoms with Crippen molar-refractivity contribution in [2.75, 3.05) is 0 Å². The van der Waals surface area contributed by atoms with E-state index in [0.29, 0.717) is 12.0 Å². The Hall–Kier alpha value is -1.09. The van der Waals surface area contributed by atoms with E-state index >= 15 is 0 Å². The number of aromatic nitrogens is 1. The monoisotopic (exact) mass is 290 g/mol. The molecule has 2 unspecified atom stereocenters. The Kier molecular flexibility index (Phi) is 5.63. The molecule has 1 saturated carbocycles. The molecule has 1 heterocycles. The molecule has 3 heteroatoms. The van der Waals surface area contributed by atoms with E-state index in [2.05, 4.69) is 50.1 Å². The van der Waals surface area contributed by atoms with E-state index in [9.17, 15) is 0 Å². The molecule has 118 valence electrons. The largest absolute Gasteiger partial charge is 0.489 e. The summed E-state index contributed by atoms with van der Waals surface area (Å²) in [5.74, 6) is 1.63. The molecule has 0 spiro atoms. The summed E-state index contributed by atoms with van der Waals surface area (Å²) in [6.45, 7) is 9.56. The number of nitrogens with one attached hydrogen (secondary N) is 1. The Morgan fingerprint density at radius 1 is 1.24 bits per heavy atom. The molecule has 0 aliphatic heterocycles. The van der Waals surface area contributed by atoms with Gasteiger partial charge in [-0.1, -0.05) is 13.3 Å². The minimum atomic E-state index is 0.118. The molecule has 2 rings (SSSR count). The summed E-state index contributed by atoms with van der Waals surface area (Å²) in [6, 6.07) is 4.13. The highest BCUT2D eigenvalue weighted by molar-refractivity contribution is 5.20. The molecule has 0 saturated heterocycles. The fraction of sp³-hybridized carbons (Fsp3) is 0.722. The van der Waals surface area contributed by atoms with Crippen molar-refractivity contribution in [3.8, 4) is 5.75 Å². The minimum absolute atomic E-state index is 0.118. The molecule has 21 heavy (non-hydrogen) atoms. The zero-order valence-corrected chi connectivity index (χ0v) is 14.0. The molecule has 0 aromatic carbocycles. The number of hydrogen-bond acceptors (Lipinski definition) is 3. The lowest BCUT2D eigenvalue weighted by molar-refractivity contribution is 0.0900. The van der Waals surface area contributed by atoms with Gasteiger partial charge in [0.05, 0.1) is 11.9 Å². The average molecular weight is 290 g/mol. The molecule has 1 aromatic heterocycles. The molecule has 1 aliphatic rings. The summed E-state index contributed by atoms with van der Waals surface area (Å²) in [6.07, 6.45) is 8.61. The van der Waals surface area contributed by atoms with Gasteiger partial charge in [-0.2, -0.15) is 0 Å². The first-order chi connectivity index (χ1) is 9.98. The second kappa shape index (κ2) is 7.26. The first-order valence-electron chi connectivity index (χ1n) is 8.34. The van der Waals surface area contributed by atoms with Crippen LogP contribution in [0.1, 0.15) is 65.5 Å². The third-order valence-corrected chi connectivity index (χ3v) is 4.25. The SMILES string of the molecule is CCC1CCCCC1Oc1ccc(CNC(C)(C)C)nc1. The van der Waals surface area contributed by atoms with Crippen LogP contribution in [0.15, 0.2) is 18.3 Å². The van der Waals surface area contributed by atoms with Gasteiger partial charge < -0.3 is 10.1 Å². The van der Waals surface area contributed by atoms with Gasteiger partial charge in [0.25, 0.3) is 0 Å². The zero-order chi connectivity index (χ0) is 15.3. The van der Waals surface area contributed by atoms with Gasteiger partial charge in [0.2, 0.25) is 0 Å². The molecule has 1 aromatic rings. The van der Waals surface area contributed by atoms with Crippen molar-refractivity contribution in [3.63, 3.8) is 0 Å². The lowest BCUT2D eigenvalue weighted by atomic mass is 9.85. The van der Waals surface area contributed by atoms with Crippen LogP contribution >= 0.6 is 0 Å². The van der Waals surface area contributed by atoms with Gasteiger partial charge in [0, 0.05) is 12.1 Å². The second-order valence-corrected chi connectivity index (χ2v) is 7.20. The Morgan fingerprint density at radius 2 is 2.00 bits per heavy atom. The number of pyridine rings is 1. The summed E-state index contributed by atoms with van der Waals surface area (Å²) >= 11 is 0. The number of nitrogens with zero attached hydrogens (tertiary/aromatic N) is 1. The molecule has 0 amide bonds. The van der Waals surface area contributed by atoms with Crippen LogP contribution in [0.5, 0.6) is 5.75 Å². The number of hydrogen-bond donors (Lipinski definition) is 1. The maximum atomic E-state index is 6.18. The van der Waals surface area contributed by atoms with E-state index in [1.54, 1.807) is 0 Å². The molecule has 0 radical (unpaired) electrons. The smallest absolute Gasteiger partial charge is 0.138 e. The third kappa shape index (κ3) is 5.31. The predicted molar refractivity (Wildman–Crippen MR) is 87.5 cm³/mol. The van der Waals surface area contributed by atoms with Crippen LogP contribution in [-0.4, -0.2) is 16.6 Å². The molecule has 1 N–H and O–H groups in total. The minimum Gasteiger partial charge on any atom is -0.489 e. The lowest BCUT2D eigenvalue weighted by Crippen LogP contribution is -2.35. The van der Waals surface area contributed by atoms with E-state index in [-0.39, 0.29) is 5.54 Å². The van der Waals surface area contributed by atoms with Gasteiger partial charge in [0.1, 0.15) is 11.9 Å². The second-order valence-electron chi connectivity index (χ2n) is 7.20. The summed E-state index contributed by atoms with van der Waals surface area (Å²) in [4.78, 5) is 4.51. The van der Waals surface area contributed by atoms with Crippen molar-refractivity contribution in [3.05, 3.63) is 24.0 Å². The fourth-order valence-corrected chi connectivity index (χ4v) is 2.91. The van der Waals surface area contributed by atoms with E-state index in [1.165, 1.54) is 32.1 Å². The van der Waals surface area contributed by atoms with Crippen LogP contribution in [0.2, 0.25) is 0 Å². The first-order valence-corrected chi connectivity index (χ1v) is 8.34. The highest BCUT2D eigenvalue weighted by Crippen LogP contribution is 2.30. The Balaban J connectivity index is 1.89. The van der Waals surface area contributed by atoms with E-state index in [1.807, 2.05) is 6.20 Å². The third-order valence-electron chi connectivity index (χ3n) is 4.25. The number of ether oxygens (including phenoxy) is 1. The van der Waals surface area contributed by atoms with Gasteiger partial charge in [-0.05, 0) is 64.5 Å². The molecule has 0 bridgehead atoms. The topological polar surface area (TPSA) is 34.1 Å². The van der Waals surface area contributed by atoms with Gasteiger partial charge in [-0.15, -0.1) is 0 Å². The molecule has 2 atom stereocenters. The van der Waals surface area contributed by atoms with Gasteiger partial charge >= 0.3 is 0 Å². The maximum absolute atomic E-state index is 6.18. The number of rotatable bonds is 5. The Morgan fingerprint density at radius 3 is 2.62 bits per heavy atom. The molecule has 1 aliphatic carbocycles. The van der Waals surface area contributed by atoms with Crippen molar-refractivity contribution in [1.29, 1.82) is 0 Å². The van der Waals surface area contributed by atoms with Crippen LogP contribution in [-0.2, 0) is 6.54 Å². The van der Waals surface area contributed by atoms with Crippen LogP contribution in [0, 0.1) is 5.92 Å². The lowest BCUT2D eigenvalue weighted by Gasteiger charge is -2.31.